The smallest absolute Gasteiger partial charge is 0.332 e. The molecule has 0 spiro atoms. The Balaban J connectivity index is 2.72. The molecule has 0 saturated heterocycles. The van der Waals surface area contributed by atoms with Crippen LogP contribution in [-0.4, -0.2) is 38.2 Å². The van der Waals surface area contributed by atoms with Gasteiger partial charge in [-0.05, 0) is 25.0 Å². The lowest BCUT2D eigenvalue weighted by molar-refractivity contribution is -0.146. The summed E-state index contributed by atoms with van der Waals surface area (Å²) in [7, 11) is 1.61. The van der Waals surface area contributed by atoms with Crippen LogP contribution < -0.4 is 11.1 Å². The van der Waals surface area contributed by atoms with Crippen LogP contribution in [0.25, 0.3) is 0 Å². The Labute approximate surface area is 118 Å². The quantitative estimate of drug-likeness (QED) is 0.567. The van der Waals surface area contributed by atoms with E-state index in [1.54, 1.807) is 26.2 Å². The molecule has 0 bridgehead atoms. The standard InChI is InChI=1S/C14H20N2O4/c1-3-20-14(18)12(15)13(17)16-11-7-5-4-6-10(11)8-9-19-2/h4-7,12H,3,8-9,15H2,1-2H3,(H,16,17). The van der Waals surface area contributed by atoms with Crippen LogP contribution in [0.3, 0.4) is 0 Å². The number of amides is 1. The van der Waals surface area contributed by atoms with Crippen LogP contribution in [0.2, 0.25) is 0 Å². The number of methoxy groups -OCH3 is 1. The highest BCUT2D eigenvalue weighted by atomic mass is 16.5. The molecule has 3 N–H and O–H groups in total. The number of carbonyl (C=O) groups excluding carboxylic acids is 2. The molecule has 0 aliphatic rings. The van der Waals surface area contributed by atoms with Gasteiger partial charge in [-0.1, -0.05) is 18.2 Å². The summed E-state index contributed by atoms with van der Waals surface area (Å²) in [5.41, 5.74) is 7.07. The predicted octanol–water partition coefficient (Wildman–Crippen LogP) is 0.704. The third-order valence-corrected chi connectivity index (χ3v) is 2.67. The lowest BCUT2D eigenvalue weighted by atomic mass is 10.1. The largest absolute Gasteiger partial charge is 0.464 e. The van der Waals surface area contributed by atoms with Crippen LogP contribution in [-0.2, 0) is 25.5 Å². The van der Waals surface area contributed by atoms with Crippen LogP contribution in [0.1, 0.15) is 12.5 Å². The van der Waals surface area contributed by atoms with Gasteiger partial charge in [-0.25, -0.2) is 4.79 Å². The van der Waals surface area contributed by atoms with Crippen molar-refractivity contribution < 1.29 is 19.1 Å². The van der Waals surface area contributed by atoms with E-state index in [1.165, 1.54) is 0 Å². The Bertz CT molecular complexity index is 462. The van der Waals surface area contributed by atoms with E-state index >= 15 is 0 Å². The van der Waals surface area contributed by atoms with Gasteiger partial charge in [-0.2, -0.15) is 0 Å². The van der Waals surface area contributed by atoms with Crippen molar-refractivity contribution in [3.63, 3.8) is 0 Å². The average Bonchev–Trinajstić information content (AvgIpc) is 2.45. The van der Waals surface area contributed by atoms with Gasteiger partial charge in [0, 0.05) is 12.8 Å². The summed E-state index contributed by atoms with van der Waals surface area (Å²) in [6, 6.07) is 5.96. The molecule has 1 amide bonds. The maximum absolute atomic E-state index is 11.9. The normalized spacial score (nSPS) is 11.8. The number of benzene rings is 1. The molecule has 0 aliphatic carbocycles. The van der Waals surface area contributed by atoms with Crippen molar-refractivity contribution in [2.75, 3.05) is 25.6 Å². The molecule has 0 heterocycles. The van der Waals surface area contributed by atoms with Crippen molar-refractivity contribution >= 4 is 17.6 Å². The van der Waals surface area contributed by atoms with Gasteiger partial charge in [0.05, 0.1) is 13.2 Å². The van der Waals surface area contributed by atoms with Gasteiger partial charge in [0.1, 0.15) is 0 Å². The topological polar surface area (TPSA) is 90.7 Å². The minimum absolute atomic E-state index is 0.185. The van der Waals surface area contributed by atoms with Gasteiger partial charge in [0.25, 0.3) is 5.91 Å². The Morgan fingerprint density at radius 1 is 1.35 bits per heavy atom. The number of rotatable bonds is 7. The molecule has 0 fully saturated rings. The van der Waals surface area contributed by atoms with E-state index in [2.05, 4.69) is 5.32 Å². The average molecular weight is 280 g/mol. The monoisotopic (exact) mass is 280 g/mol. The van der Waals surface area contributed by atoms with Gasteiger partial charge in [0.2, 0.25) is 0 Å². The first-order valence-corrected chi connectivity index (χ1v) is 6.40. The molecule has 1 aromatic carbocycles. The van der Waals surface area contributed by atoms with Crippen LogP contribution in [0.15, 0.2) is 24.3 Å². The Morgan fingerprint density at radius 2 is 2.05 bits per heavy atom. The number of esters is 1. The van der Waals surface area contributed by atoms with E-state index < -0.39 is 17.9 Å². The molecule has 1 rings (SSSR count). The Hall–Kier alpha value is -1.92. The van der Waals surface area contributed by atoms with E-state index in [4.69, 9.17) is 15.2 Å². The Morgan fingerprint density at radius 3 is 2.70 bits per heavy atom. The fourth-order valence-corrected chi connectivity index (χ4v) is 1.62. The van der Waals surface area contributed by atoms with Crippen molar-refractivity contribution in [3.8, 4) is 0 Å². The minimum Gasteiger partial charge on any atom is -0.464 e. The fourth-order valence-electron chi connectivity index (χ4n) is 1.62. The van der Waals surface area contributed by atoms with Crippen molar-refractivity contribution in [1.29, 1.82) is 0 Å². The first kappa shape index (κ1) is 16.1. The number of hydrogen-bond donors (Lipinski definition) is 2. The molecule has 0 saturated carbocycles. The van der Waals surface area contributed by atoms with Crippen LogP contribution >= 0.6 is 0 Å². The molecule has 110 valence electrons. The second kappa shape index (κ2) is 8.29. The van der Waals surface area contributed by atoms with Crippen molar-refractivity contribution in [2.24, 2.45) is 5.73 Å². The molecule has 0 aromatic heterocycles. The lowest BCUT2D eigenvalue weighted by Crippen LogP contribution is -2.43. The van der Waals surface area contributed by atoms with Crippen molar-refractivity contribution in [1.82, 2.24) is 0 Å². The summed E-state index contributed by atoms with van der Waals surface area (Å²) >= 11 is 0. The lowest BCUT2D eigenvalue weighted by Gasteiger charge is -2.14. The minimum atomic E-state index is -1.33. The molecular formula is C14H20N2O4. The molecule has 20 heavy (non-hydrogen) atoms. The highest BCUT2D eigenvalue weighted by Crippen LogP contribution is 2.16. The zero-order valence-electron chi connectivity index (χ0n) is 11.7. The summed E-state index contributed by atoms with van der Waals surface area (Å²) in [6.07, 6.45) is 0.654. The second-order valence-corrected chi connectivity index (χ2v) is 4.12. The van der Waals surface area contributed by atoms with E-state index in [1.807, 2.05) is 12.1 Å². The molecule has 6 nitrogen and oxygen atoms in total. The molecule has 1 aromatic rings. The van der Waals surface area contributed by atoms with Gasteiger partial charge >= 0.3 is 5.97 Å². The molecule has 1 atom stereocenters. The van der Waals surface area contributed by atoms with Gasteiger partial charge in [0.15, 0.2) is 6.04 Å². The van der Waals surface area contributed by atoms with Gasteiger partial charge < -0.3 is 20.5 Å². The van der Waals surface area contributed by atoms with Crippen molar-refractivity contribution in [2.45, 2.75) is 19.4 Å². The Kier molecular flexibility index (Phi) is 6.69. The van der Waals surface area contributed by atoms with E-state index in [0.29, 0.717) is 18.7 Å². The SMILES string of the molecule is CCOC(=O)C(N)C(=O)Nc1ccccc1CCOC. The van der Waals surface area contributed by atoms with Crippen molar-refractivity contribution in [3.05, 3.63) is 29.8 Å². The van der Waals surface area contributed by atoms with E-state index in [9.17, 15) is 9.59 Å². The highest BCUT2D eigenvalue weighted by molar-refractivity contribution is 6.08. The number of nitrogens with two attached hydrogens (primary N) is 1. The van der Waals surface area contributed by atoms with Crippen LogP contribution in [0.5, 0.6) is 0 Å². The van der Waals surface area contributed by atoms with E-state index in [-0.39, 0.29) is 6.61 Å². The van der Waals surface area contributed by atoms with Crippen LogP contribution in [0, 0.1) is 0 Å². The number of ether oxygens (including phenoxy) is 2. The molecular weight excluding hydrogens is 260 g/mol. The number of hydrogen-bond acceptors (Lipinski definition) is 5. The first-order chi connectivity index (χ1) is 9.60. The first-order valence-electron chi connectivity index (χ1n) is 6.40. The molecule has 0 aliphatic heterocycles. The van der Waals surface area contributed by atoms with Gasteiger partial charge in [-0.15, -0.1) is 0 Å². The maximum atomic E-state index is 11.9. The number of para-hydroxylation sites is 1. The summed E-state index contributed by atoms with van der Waals surface area (Å²) in [4.78, 5) is 23.3. The molecule has 0 radical (unpaired) electrons. The molecule has 6 heteroatoms. The van der Waals surface area contributed by atoms with E-state index in [0.717, 1.165) is 5.56 Å². The fraction of sp³-hybridized carbons (Fsp3) is 0.429. The van der Waals surface area contributed by atoms with Gasteiger partial charge in [-0.3, -0.25) is 4.79 Å². The summed E-state index contributed by atoms with van der Waals surface area (Å²) < 4.78 is 9.72. The summed E-state index contributed by atoms with van der Waals surface area (Å²) in [6.45, 7) is 2.38. The zero-order valence-corrected chi connectivity index (χ0v) is 11.7. The molecule has 1 unspecified atom stereocenters. The van der Waals surface area contributed by atoms with Crippen LogP contribution in [0.4, 0.5) is 5.69 Å². The number of nitrogens with one attached hydrogen (secondary N) is 1. The second-order valence-electron chi connectivity index (χ2n) is 4.12. The third-order valence-electron chi connectivity index (χ3n) is 2.67. The number of carbonyl (C=O) groups is 2. The summed E-state index contributed by atoms with van der Waals surface area (Å²) in [5.74, 6) is -1.33. The zero-order chi connectivity index (χ0) is 15.0. The summed E-state index contributed by atoms with van der Waals surface area (Å²) in [5, 5.41) is 2.64. The highest BCUT2D eigenvalue weighted by Gasteiger charge is 2.23. The predicted molar refractivity (Wildman–Crippen MR) is 75.3 cm³/mol. The third kappa shape index (κ3) is 4.64. The number of anilines is 1. The maximum Gasteiger partial charge on any atom is 0.332 e.